The summed E-state index contributed by atoms with van der Waals surface area (Å²) in [7, 11) is -0.663. The fourth-order valence-corrected chi connectivity index (χ4v) is 3.22. The van der Waals surface area contributed by atoms with Gasteiger partial charge in [0.25, 0.3) is 0 Å². The minimum atomic E-state index is -3.60. The smallest absolute Gasteiger partial charge is 0.244 e. The Balaban J connectivity index is 1.96. The SMILES string of the molecule is COc1ccc(OC)c(S(=O)(=O)NCCCNC2CC2)c1. The Labute approximate surface area is 125 Å². The molecule has 0 aromatic heterocycles. The maximum Gasteiger partial charge on any atom is 0.244 e. The first-order valence-corrected chi connectivity index (χ1v) is 8.50. The predicted molar refractivity (Wildman–Crippen MR) is 80.4 cm³/mol. The molecule has 1 aromatic rings. The van der Waals surface area contributed by atoms with Gasteiger partial charge in [-0.3, -0.25) is 0 Å². The number of ether oxygens (including phenoxy) is 2. The van der Waals surface area contributed by atoms with E-state index in [2.05, 4.69) is 10.0 Å². The van der Waals surface area contributed by atoms with Gasteiger partial charge in [-0.15, -0.1) is 0 Å². The Bertz CT molecular complexity index is 570. The minimum Gasteiger partial charge on any atom is -0.497 e. The fraction of sp³-hybridized carbons (Fsp3) is 0.571. The zero-order valence-electron chi connectivity index (χ0n) is 12.4. The van der Waals surface area contributed by atoms with Gasteiger partial charge in [-0.1, -0.05) is 0 Å². The van der Waals surface area contributed by atoms with Crippen LogP contribution in [0.15, 0.2) is 23.1 Å². The first-order chi connectivity index (χ1) is 10.1. The molecule has 0 unspecified atom stereocenters. The van der Waals surface area contributed by atoms with E-state index in [0.29, 0.717) is 24.1 Å². The summed E-state index contributed by atoms with van der Waals surface area (Å²) >= 11 is 0. The molecule has 0 aliphatic heterocycles. The second-order valence-corrected chi connectivity index (χ2v) is 6.73. The second kappa shape index (κ2) is 7.11. The zero-order valence-corrected chi connectivity index (χ0v) is 13.2. The molecule has 6 nitrogen and oxygen atoms in total. The lowest BCUT2D eigenvalue weighted by Crippen LogP contribution is -2.28. The van der Waals surface area contributed by atoms with Crippen LogP contribution in [0.1, 0.15) is 19.3 Å². The molecule has 0 spiro atoms. The van der Waals surface area contributed by atoms with E-state index in [4.69, 9.17) is 9.47 Å². The molecular weight excluding hydrogens is 292 g/mol. The van der Waals surface area contributed by atoms with Crippen molar-refractivity contribution in [2.45, 2.75) is 30.2 Å². The van der Waals surface area contributed by atoms with Gasteiger partial charge in [-0.05, 0) is 37.9 Å². The van der Waals surface area contributed by atoms with Gasteiger partial charge in [0.05, 0.1) is 14.2 Å². The number of methoxy groups -OCH3 is 2. The highest BCUT2D eigenvalue weighted by Crippen LogP contribution is 2.27. The van der Waals surface area contributed by atoms with E-state index in [1.165, 1.54) is 33.1 Å². The molecule has 0 bridgehead atoms. The monoisotopic (exact) mass is 314 g/mol. The van der Waals surface area contributed by atoms with E-state index in [0.717, 1.165) is 13.0 Å². The van der Waals surface area contributed by atoms with Crippen molar-refractivity contribution >= 4 is 10.0 Å². The lowest BCUT2D eigenvalue weighted by Gasteiger charge is -2.12. The lowest BCUT2D eigenvalue weighted by atomic mass is 10.3. The van der Waals surface area contributed by atoms with Crippen LogP contribution in [-0.2, 0) is 10.0 Å². The highest BCUT2D eigenvalue weighted by Gasteiger charge is 2.21. The van der Waals surface area contributed by atoms with Gasteiger partial charge in [0.1, 0.15) is 16.4 Å². The number of benzene rings is 1. The molecule has 118 valence electrons. The zero-order chi connectivity index (χ0) is 15.3. The molecule has 0 atom stereocenters. The molecule has 21 heavy (non-hydrogen) atoms. The van der Waals surface area contributed by atoms with Gasteiger partial charge >= 0.3 is 0 Å². The number of hydrogen-bond donors (Lipinski definition) is 2. The summed E-state index contributed by atoms with van der Waals surface area (Å²) in [5, 5.41) is 3.34. The maximum absolute atomic E-state index is 12.3. The van der Waals surface area contributed by atoms with Crippen LogP contribution in [0.5, 0.6) is 11.5 Å². The van der Waals surface area contributed by atoms with Crippen LogP contribution in [0.4, 0.5) is 0 Å². The average Bonchev–Trinajstić information content (AvgIpc) is 3.30. The molecule has 1 aromatic carbocycles. The van der Waals surface area contributed by atoms with Gasteiger partial charge < -0.3 is 14.8 Å². The van der Waals surface area contributed by atoms with E-state index in [1.54, 1.807) is 12.1 Å². The predicted octanol–water partition coefficient (Wildman–Crippen LogP) is 1.12. The summed E-state index contributed by atoms with van der Waals surface area (Å²) in [5.74, 6) is 0.783. The Morgan fingerprint density at radius 2 is 1.95 bits per heavy atom. The van der Waals surface area contributed by atoms with Crippen LogP contribution in [0.2, 0.25) is 0 Å². The van der Waals surface area contributed by atoms with Crippen LogP contribution < -0.4 is 19.5 Å². The van der Waals surface area contributed by atoms with Crippen LogP contribution in [0, 0.1) is 0 Å². The summed E-state index contributed by atoms with van der Waals surface area (Å²) in [4.78, 5) is 0.0968. The average molecular weight is 314 g/mol. The quantitative estimate of drug-likeness (QED) is 0.668. The van der Waals surface area contributed by atoms with Gasteiger partial charge in [0.15, 0.2) is 0 Å². The van der Waals surface area contributed by atoms with Gasteiger partial charge in [-0.2, -0.15) is 0 Å². The van der Waals surface area contributed by atoms with Crippen molar-refractivity contribution in [3.63, 3.8) is 0 Å². The highest BCUT2D eigenvalue weighted by atomic mass is 32.2. The van der Waals surface area contributed by atoms with Crippen LogP contribution in [-0.4, -0.2) is 41.8 Å². The van der Waals surface area contributed by atoms with E-state index < -0.39 is 10.0 Å². The van der Waals surface area contributed by atoms with Crippen molar-refractivity contribution in [1.29, 1.82) is 0 Å². The highest BCUT2D eigenvalue weighted by molar-refractivity contribution is 7.89. The van der Waals surface area contributed by atoms with Crippen LogP contribution >= 0.6 is 0 Å². The van der Waals surface area contributed by atoms with E-state index in [-0.39, 0.29) is 4.90 Å². The lowest BCUT2D eigenvalue weighted by molar-refractivity contribution is 0.392. The standard InChI is InChI=1S/C14H22N2O4S/c1-19-12-6-7-13(20-2)14(10-12)21(17,18)16-9-3-8-15-11-4-5-11/h6-7,10-11,15-16H,3-5,8-9H2,1-2H3. The van der Waals surface area contributed by atoms with Crippen molar-refractivity contribution in [1.82, 2.24) is 10.0 Å². The Kier molecular flexibility index (Phi) is 5.44. The molecule has 1 saturated carbocycles. The molecule has 2 N–H and O–H groups in total. The van der Waals surface area contributed by atoms with E-state index >= 15 is 0 Å². The molecule has 2 rings (SSSR count). The maximum atomic E-state index is 12.3. The van der Waals surface area contributed by atoms with Gasteiger partial charge in [0, 0.05) is 18.7 Å². The van der Waals surface area contributed by atoms with Gasteiger partial charge in [0.2, 0.25) is 10.0 Å². The number of nitrogens with one attached hydrogen (secondary N) is 2. The molecule has 0 heterocycles. The molecule has 0 radical (unpaired) electrons. The second-order valence-electron chi connectivity index (χ2n) is 5.00. The molecule has 1 fully saturated rings. The summed E-state index contributed by atoms with van der Waals surface area (Å²) in [6.07, 6.45) is 3.21. The van der Waals surface area contributed by atoms with E-state index in [9.17, 15) is 8.42 Å². The first-order valence-electron chi connectivity index (χ1n) is 7.02. The topological polar surface area (TPSA) is 76.7 Å². The molecular formula is C14H22N2O4S. The summed E-state index contributed by atoms with van der Waals surface area (Å²) < 4.78 is 37.4. The van der Waals surface area contributed by atoms with E-state index in [1.807, 2.05) is 0 Å². The third-order valence-corrected chi connectivity index (χ3v) is 4.80. The first kappa shape index (κ1) is 16.1. The molecule has 1 aliphatic carbocycles. The Morgan fingerprint density at radius 3 is 2.57 bits per heavy atom. The summed E-state index contributed by atoms with van der Waals surface area (Å²) in [6.45, 7) is 1.21. The molecule has 7 heteroatoms. The van der Waals surface area contributed by atoms with Crippen molar-refractivity contribution in [3.05, 3.63) is 18.2 Å². The van der Waals surface area contributed by atoms with Crippen molar-refractivity contribution in [2.24, 2.45) is 0 Å². The van der Waals surface area contributed by atoms with Gasteiger partial charge in [-0.25, -0.2) is 13.1 Å². The number of rotatable bonds is 9. The normalized spacial score (nSPS) is 15.0. The van der Waals surface area contributed by atoms with Crippen molar-refractivity contribution in [3.8, 4) is 11.5 Å². The molecule has 1 aliphatic rings. The van der Waals surface area contributed by atoms with Crippen LogP contribution in [0.25, 0.3) is 0 Å². The largest absolute Gasteiger partial charge is 0.497 e. The van der Waals surface area contributed by atoms with Crippen molar-refractivity contribution < 1.29 is 17.9 Å². The fourth-order valence-electron chi connectivity index (χ4n) is 1.96. The summed E-state index contributed by atoms with van der Waals surface area (Å²) in [5.41, 5.74) is 0. The number of sulfonamides is 1. The third kappa shape index (κ3) is 4.59. The Morgan fingerprint density at radius 1 is 1.19 bits per heavy atom. The Hall–Kier alpha value is -1.31. The van der Waals surface area contributed by atoms with Crippen molar-refractivity contribution in [2.75, 3.05) is 27.3 Å². The minimum absolute atomic E-state index is 0.0968. The third-order valence-electron chi connectivity index (χ3n) is 3.32. The molecule has 0 saturated heterocycles. The summed E-state index contributed by atoms with van der Waals surface area (Å²) in [6, 6.07) is 5.35. The molecule has 0 amide bonds. The number of hydrogen-bond acceptors (Lipinski definition) is 5. The van der Waals surface area contributed by atoms with Crippen LogP contribution in [0.3, 0.4) is 0 Å².